The lowest BCUT2D eigenvalue weighted by Gasteiger charge is -2.24. The van der Waals surface area contributed by atoms with Crippen molar-refractivity contribution in [1.29, 1.82) is 0 Å². The molecule has 0 fully saturated rings. The number of hydrogen-bond acceptors (Lipinski definition) is 4. The minimum absolute atomic E-state index is 0.0996. The molecule has 0 aliphatic rings. The normalized spacial score (nSPS) is 13.1. The number of nitrogens with zero attached hydrogens (tertiary/aromatic N) is 1. The van der Waals surface area contributed by atoms with Gasteiger partial charge in [-0.3, -0.25) is 4.90 Å². The van der Waals surface area contributed by atoms with Gasteiger partial charge in [0.15, 0.2) is 4.67 Å². The van der Waals surface area contributed by atoms with E-state index in [1.165, 1.54) is 4.88 Å². The van der Waals surface area contributed by atoms with Crippen LogP contribution in [-0.2, 0) is 6.42 Å². The molecule has 19 heavy (non-hydrogen) atoms. The largest absolute Gasteiger partial charge is 0.451 e. The zero-order chi connectivity index (χ0) is 13.8. The minimum Gasteiger partial charge on any atom is -0.451 e. The van der Waals surface area contributed by atoms with E-state index in [1.54, 1.807) is 11.3 Å². The molecular formula is C13H16Br2N2OS. The van der Waals surface area contributed by atoms with E-state index < -0.39 is 0 Å². The zero-order valence-corrected chi connectivity index (χ0v) is 14.6. The van der Waals surface area contributed by atoms with Crippen LogP contribution in [0.3, 0.4) is 0 Å². The van der Waals surface area contributed by atoms with Crippen LogP contribution < -0.4 is 5.73 Å². The molecule has 2 aromatic heterocycles. The third kappa shape index (κ3) is 3.92. The fraction of sp³-hybridized carbons (Fsp3) is 0.385. The summed E-state index contributed by atoms with van der Waals surface area (Å²) in [5.74, 6) is 0.884. The Morgan fingerprint density at radius 1 is 1.47 bits per heavy atom. The Kier molecular flexibility index (Phi) is 5.65. The van der Waals surface area contributed by atoms with Gasteiger partial charge in [0.1, 0.15) is 5.76 Å². The van der Waals surface area contributed by atoms with Crippen LogP contribution in [0.2, 0.25) is 0 Å². The molecule has 3 nitrogen and oxygen atoms in total. The van der Waals surface area contributed by atoms with Crippen LogP contribution in [-0.4, -0.2) is 25.0 Å². The van der Waals surface area contributed by atoms with E-state index in [4.69, 9.17) is 10.2 Å². The molecule has 0 saturated carbocycles. The molecular weight excluding hydrogens is 392 g/mol. The summed E-state index contributed by atoms with van der Waals surface area (Å²) >= 11 is 8.59. The van der Waals surface area contributed by atoms with Crippen LogP contribution in [0.4, 0.5) is 0 Å². The lowest BCUT2D eigenvalue weighted by molar-refractivity contribution is 0.221. The highest BCUT2D eigenvalue weighted by molar-refractivity contribution is 9.13. The van der Waals surface area contributed by atoms with E-state index in [2.05, 4.69) is 61.3 Å². The molecule has 2 heterocycles. The van der Waals surface area contributed by atoms with Crippen molar-refractivity contribution in [3.63, 3.8) is 0 Å². The Balaban J connectivity index is 2.00. The van der Waals surface area contributed by atoms with Crippen LogP contribution in [0.25, 0.3) is 0 Å². The molecule has 2 aromatic rings. The average molecular weight is 408 g/mol. The smallest absolute Gasteiger partial charge is 0.183 e. The highest BCUT2D eigenvalue weighted by Gasteiger charge is 2.20. The molecule has 2 N–H and O–H groups in total. The summed E-state index contributed by atoms with van der Waals surface area (Å²) in [5.41, 5.74) is 5.88. The molecule has 1 atom stereocenters. The fourth-order valence-electron chi connectivity index (χ4n) is 1.94. The highest BCUT2D eigenvalue weighted by Crippen LogP contribution is 2.31. The van der Waals surface area contributed by atoms with Crippen LogP contribution in [0.15, 0.2) is 37.1 Å². The van der Waals surface area contributed by atoms with Gasteiger partial charge in [-0.15, -0.1) is 11.3 Å². The van der Waals surface area contributed by atoms with Gasteiger partial charge < -0.3 is 10.2 Å². The average Bonchev–Trinajstić information content (AvgIpc) is 2.99. The molecule has 0 bridgehead atoms. The maximum Gasteiger partial charge on any atom is 0.183 e. The van der Waals surface area contributed by atoms with Gasteiger partial charge in [-0.2, -0.15) is 0 Å². The van der Waals surface area contributed by atoms with Gasteiger partial charge in [-0.25, -0.2) is 0 Å². The Labute approximate surface area is 134 Å². The molecule has 2 rings (SSSR count). The molecule has 0 aromatic carbocycles. The van der Waals surface area contributed by atoms with Crippen molar-refractivity contribution < 1.29 is 4.42 Å². The number of furan rings is 1. The quantitative estimate of drug-likeness (QED) is 0.785. The van der Waals surface area contributed by atoms with Crippen LogP contribution >= 0.6 is 43.2 Å². The van der Waals surface area contributed by atoms with Crippen LogP contribution in [0.1, 0.15) is 16.7 Å². The van der Waals surface area contributed by atoms with E-state index in [0.29, 0.717) is 11.2 Å². The molecule has 0 amide bonds. The van der Waals surface area contributed by atoms with E-state index >= 15 is 0 Å². The Morgan fingerprint density at radius 3 is 2.79 bits per heavy atom. The number of likely N-dealkylation sites (N-methyl/N-ethyl adjacent to an activating group) is 1. The van der Waals surface area contributed by atoms with E-state index in [-0.39, 0.29) is 6.04 Å². The third-order valence-electron chi connectivity index (χ3n) is 3.04. The standard InChI is InChI=1S/C13H16Br2N2OS/c1-17(5-4-9-3-2-6-19-9)11(8-16)12-7-10(14)13(15)18-12/h2-3,6-7,11H,4-5,8,16H2,1H3. The number of rotatable bonds is 6. The second-order valence-corrected chi connectivity index (χ2v) is 6.94. The number of hydrogen-bond donors (Lipinski definition) is 1. The van der Waals surface area contributed by atoms with Crippen molar-refractivity contribution >= 4 is 43.2 Å². The molecule has 0 radical (unpaired) electrons. The highest BCUT2D eigenvalue weighted by atomic mass is 79.9. The van der Waals surface area contributed by atoms with Gasteiger partial charge in [0.25, 0.3) is 0 Å². The van der Waals surface area contributed by atoms with Crippen molar-refractivity contribution in [2.45, 2.75) is 12.5 Å². The molecule has 1 unspecified atom stereocenters. The molecule has 104 valence electrons. The molecule has 0 aliphatic heterocycles. The Bertz CT molecular complexity index is 493. The van der Waals surface area contributed by atoms with Gasteiger partial charge in [0, 0.05) is 18.0 Å². The maximum absolute atomic E-state index is 5.88. The van der Waals surface area contributed by atoms with Crippen molar-refractivity contribution in [2.75, 3.05) is 20.1 Å². The molecule has 0 saturated heterocycles. The first kappa shape index (κ1) is 15.3. The van der Waals surface area contributed by atoms with Crippen LogP contribution in [0.5, 0.6) is 0 Å². The van der Waals surface area contributed by atoms with Gasteiger partial charge >= 0.3 is 0 Å². The predicted octanol–water partition coefficient (Wildman–Crippen LogP) is 4.04. The summed E-state index contributed by atoms with van der Waals surface area (Å²) in [4.78, 5) is 3.63. The van der Waals surface area contributed by atoms with E-state index in [0.717, 1.165) is 23.2 Å². The topological polar surface area (TPSA) is 42.4 Å². The molecule has 0 spiro atoms. The lowest BCUT2D eigenvalue weighted by Crippen LogP contribution is -2.31. The number of halogens is 2. The molecule has 0 aliphatic carbocycles. The number of thiophene rings is 1. The van der Waals surface area contributed by atoms with Crippen molar-refractivity contribution in [1.82, 2.24) is 4.90 Å². The Hall–Kier alpha value is -0.140. The van der Waals surface area contributed by atoms with Gasteiger partial charge in [0.05, 0.1) is 10.5 Å². The van der Waals surface area contributed by atoms with Crippen molar-refractivity contribution in [3.05, 3.63) is 43.4 Å². The van der Waals surface area contributed by atoms with Gasteiger partial charge in [-0.05, 0) is 62.8 Å². The second-order valence-electron chi connectivity index (χ2n) is 4.33. The summed E-state index contributed by atoms with van der Waals surface area (Å²) in [7, 11) is 2.08. The monoisotopic (exact) mass is 406 g/mol. The van der Waals surface area contributed by atoms with Crippen molar-refractivity contribution in [2.24, 2.45) is 5.73 Å². The summed E-state index contributed by atoms with van der Waals surface area (Å²) in [6, 6.07) is 6.32. The SMILES string of the molecule is CN(CCc1cccs1)C(CN)c1cc(Br)c(Br)o1. The minimum atomic E-state index is 0.0996. The summed E-state index contributed by atoms with van der Waals surface area (Å²) in [6.45, 7) is 1.49. The fourth-order valence-corrected chi connectivity index (χ4v) is 3.24. The van der Waals surface area contributed by atoms with Gasteiger partial charge in [-0.1, -0.05) is 6.07 Å². The molecule has 6 heteroatoms. The first-order valence-electron chi connectivity index (χ1n) is 5.99. The van der Waals surface area contributed by atoms with Crippen molar-refractivity contribution in [3.8, 4) is 0 Å². The lowest BCUT2D eigenvalue weighted by atomic mass is 10.2. The maximum atomic E-state index is 5.88. The van der Waals surface area contributed by atoms with Gasteiger partial charge in [0.2, 0.25) is 0 Å². The van der Waals surface area contributed by atoms with E-state index in [1.807, 2.05) is 6.07 Å². The zero-order valence-electron chi connectivity index (χ0n) is 10.6. The summed E-state index contributed by atoms with van der Waals surface area (Å²) < 4.78 is 7.32. The third-order valence-corrected chi connectivity index (χ3v) is 5.69. The second kappa shape index (κ2) is 7.04. The first-order valence-corrected chi connectivity index (χ1v) is 8.45. The predicted molar refractivity (Wildman–Crippen MR) is 86.6 cm³/mol. The summed E-state index contributed by atoms with van der Waals surface area (Å²) in [5, 5.41) is 2.11. The van der Waals surface area contributed by atoms with Crippen LogP contribution in [0, 0.1) is 0 Å². The number of nitrogens with two attached hydrogens (primary N) is 1. The first-order chi connectivity index (χ1) is 9.11. The Morgan fingerprint density at radius 2 is 2.26 bits per heavy atom. The van der Waals surface area contributed by atoms with E-state index in [9.17, 15) is 0 Å². The summed E-state index contributed by atoms with van der Waals surface area (Å²) in [6.07, 6.45) is 1.04.